The summed E-state index contributed by atoms with van der Waals surface area (Å²) in [5.41, 5.74) is 4.69. The number of hydrogen-bond acceptors (Lipinski definition) is 4. The van der Waals surface area contributed by atoms with Crippen molar-refractivity contribution in [2.24, 2.45) is 0 Å². The molecule has 2 aliphatic rings. The van der Waals surface area contributed by atoms with E-state index in [1.165, 1.54) is 0 Å². The van der Waals surface area contributed by atoms with E-state index in [0.29, 0.717) is 24.1 Å². The van der Waals surface area contributed by atoms with Gasteiger partial charge in [0.15, 0.2) is 0 Å². The summed E-state index contributed by atoms with van der Waals surface area (Å²) >= 11 is 0. The van der Waals surface area contributed by atoms with Crippen LogP contribution in [-0.2, 0) is 19.3 Å². The first-order valence-corrected chi connectivity index (χ1v) is 13.7. The van der Waals surface area contributed by atoms with Crippen molar-refractivity contribution in [2.75, 3.05) is 11.9 Å². The van der Waals surface area contributed by atoms with Crippen LogP contribution >= 0.6 is 0 Å². The van der Waals surface area contributed by atoms with E-state index in [1.807, 2.05) is 84.9 Å². The van der Waals surface area contributed by atoms with E-state index in [9.17, 15) is 4.79 Å². The Morgan fingerprint density at radius 2 is 1.20 bits per heavy atom. The van der Waals surface area contributed by atoms with Gasteiger partial charge in [-0.25, -0.2) is 4.89 Å². The number of carbonyl (C=O) groups excluding carboxylic acids is 1. The molecule has 1 unspecified atom stereocenters. The average molecular weight is 531 g/mol. The summed E-state index contributed by atoms with van der Waals surface area (Å²) < 4.78 is 6.30. The molecule has 1 spiro atoms. The molecule has 40 heavy (non-hydrogen) atoms. The third-order valence-corrected chi connectivity index (χ3v) is 7.78. The Kier molecular flexibility index (Phi) is 7.35. The van der Waals surface area contributed by atoms with Crippen molar-refractivity contribution >= 4 is 17.2 Å². The molecule has 5 heteroatoms. The largest absolute Gasteiger partial charge is 0.343 e. The first-order valence-electron chi connectivity index (χ1n) is 13.7. The monoisotopic (exact) mass is 530 g/mol. The Hall–Kier alpha value is -4.03. The fourth-order valence-electron chi connectivity index (χ4n) is 5.28. The minimum absolute atomic E-state index is 0.000201. The van der Waals surface area contributed by atoms with Crippen molar-refractivity contribution in [1.82, 2.24) is 0 Å². The number of benzene rings is 4. The Bertz CT molecular complexity index is 1450. The van der Waals surface area contributed by atoms with E-state index in [2.05, 4.69) is 42.6 Å². The Labute approximate surface area is 235 Å². The lowest BCUT2D eigenvalue weighted by Gasteiger charge is -2.45. The summed E-state index contributed by atoms with van der Waals surface area (Å²) in [6.45, 7) is 4.32. The summed E-state index contributed by atoms with van der Waals surface area (Å²) in [7, 11) is 0. The van der Waals surface area contributed by atoms with Crippen molar-refractivity contribution in [3.8, 4) is 22.3 Å². The van der Waals surface area contributed by atoms with Crippen LogP contribution in [0.3, 0.4) is 0 Å². The average Bonchev–Trinajstić information content (AvgIpc) is 3.03. The summed E-state index contributed by atoms with van der Waals surface area (Å²) in [6, 6.07) is 35.9. The molecule has 1 saturated carbocycles. The SMILES string of the molecule is C=C(c1ccc(-c2ccccc2)cc1)C1(C(=O)Nc2ccc(-c3ccccc3)cc2)COC2(CC[CH]CC2)OO1. The molecular weight excluding hydrogens is 498 g/mol. The van der Waals surface area contributed by atoms with Crippen molar-refractivity contribution in [2.45, 2.75) is 37.1 Å². The number of ether oxygens (including phenoxy) is 1. The molecule has 1 amide bonds. The summed E-state index contributed by atoms with van der Waals surface area (Å²) in [5.74, 6) is -1.23. The molecule has 1 aliphatic heterocycles. The van der Waals surface area contributed by atoms with Gasteiger partial charge in [0.1, 0.15) is 0 Å². The van der Waals surface area contributed by atoms with E-state index in [0.717, 1.165) is 40.7 Å². The molecule has 2 fully saturated rings. The van der Waals surface area contributed by atoms with E-state index < -0.39 is 17.3 Å². The number of rotatable bonds is 6. The number of nitrogens with one attached hydrogen (secondary N) is 1. The van der Waals surface area contributed by atoms with Gasteiger partial charge in [-0.1, -0.05) is 104 Å². The van der Waals surface area contributed by atoms with Crippen molar-refractivity contribution < 1.29 is 19.3 Å². The van der Waals surface area contributed by atoms with E-state index in [4.69, 9.17) is 14.5 Å². The zero-order valence-electron chi connectivity index (χ0n) is 22.3. The molecule has 1 radical (unpaired) electrons. The minimum atomic E-state index is -1.56. The van der Waals surface area contributed by atoms with Gasteiger partial charge in [0, 0.05) is 18.5 Å². The maximum Gasteiger partial charge on any atom is 0.267 e. The highest BCUT2D eigenvalue weighted by atomic mass is 17.2. The van der Waals surface area contributed by atoms with Crippen molar-refractivity contribution in [3.05, 3.63) is 128 Å². The second-order valence-electron chi connectivity index (χ2n) is 10.4. The quantitative estimate of drug-likeness (QED) is 0.258. The highest BCUT2D eigenvalue weighted by Gasteiger charge is 2.53. The van der Waals surface area contributed by atoms with Gasteiger partial charge in [0.25, 0.3) is 5.91 Å². The smallest absolute Gasteiger partial charge is 0.267 e. The van der Waals surface area contributed by atoms with Crippen LogP contribution in [0.1, 0.15) is 31.2 Å². The van der Waals surface area contributed by atoms with E-state index in [1.54, 1.807) is 0 Å². The molecule has 4 aromatic rings. The van der Waals surface area contributed by atoms with Crippen LogP contribution in [0.2, 0.25) is 0 Å². The third kappa shape index (κ3) is 5.24. The lowest BCUT2D eigenvalue weighted by atomic mass is 9.87. The molecule has 4 aromatic carbocycles. The predicted molar refractivity (Wildman–Crippen MR) is 158 cm³/mol. The molecule has 5 nitrogen and oxygen atoms in total. The van der Waals surface area contributed by atoms with Crippen molar-refractivity contribution in [1.29, 1.82) is 0 Å². The maximum atomic E-state index is 14.0. The van der Waals surface area contributed by atoms with Gasteiger partial charge in [-0.3, -0.25) is 4.79 Å². The zero-order chi connectivity index (χ0) is 27.4. The van der Waals surface area contributed by atoms with Gasteiger partial charge in [-0.15, -0.1) is 0 Å². The topological polar surface area (TPSA) is 56.8 Å². The second-order valence-corrected chi connectivity index (χ2v) is 10.4. The van der Waals surface area contributed by atoms with Crippen LogP contribution in [0.15, 0.2) is 116 Å². The number of carbonyl (C=O) groups is 1. The van der Waals surface area contributed by atoms with Gasteiger partial charge in [0.05, 0.1) is 6.61 Å². The Morgan fingerprint density at radius 1 is 0.675 bits per heavy atom. The molecule has 1 saturated heterocycles. The normalized spacial score (nSPS) is 20.1. The lowest BCUT2D eigenvalue weighted by Crippen LogP contribution is -2.58. The number of anilines is 1. The van der Waals surface area contributed by atoms with E-state index in [-0.39, 0.29) is 6.61 Å². The second kappa shape index (κ2) is 11.2. The molecular formula is C35H32NO4. The Morgan fingerprint density at radius 3 is 1.73 bits per heavy atom. The predicted octanol–water partition coefficient (Wildman–Crippen LogP) is 7.86. The first-order chi connectivity index (χ1) is 19.6. The van der Waals surface area contributed by atoms with Crippen LogP contribution in [0.5, 0.6) is 0 Å². The fraction of sp³-hybridized carbons (Fsp3) is 0.200. The maximum absolute atomic E-state index is 14.0. The zero-order valence-corrected chi connectivity index (χ0v) is 22.3. The highest BCUT2D eigenvalue weighted by Crippen LogP contribution is 2.43. The molecule has 6 rings (SSSR count). The third-order valence-electron chi connectivity index (χ3n) is 7.78. The van der Waals surface area contributed by atoms with Gasteiger partial charge < -0.3 is 10.1 Å². The number of hydrogen-bond donors (Lipinski definition) is 1. The molecule has 1 heterocycles. The highest BCUT2D eigenvalue weighted by molar-refractivity contribution is 6.07. The van der Waals surface area contributed by atoms with Gasteiger partial charge in [0.2, 0.25) is 11.4 Å². The van der Waals surface area contributed by atoms with Gasteiger partial charge in [-0.2, -0.15) is 4.89 Å². The molecule has 1 atom stereocenters. The van der Waals surface area contributed by atoms with Crippen LogP contribution < -0.4 is 5.32 Å². The lowest BCUT2D eigenvalue weighted by molar-refractivity contribution is -0.496. The van der Waals surface area contributed by atoms with Crippen LogP contribution in [0.4, 0.5) is 5.69 Å². The molecule has 201 valence electrons. The molecule has 1 N–H and O–H groups in total. The molecule has 0 aromatic heterocycles. The van der Waals surface area contributed by atoms with E-state index >= 15 is 0 Å². The first kappa shape index (κ1) is 26.2. The minimum Gasteiger partial charge on any atom is -0.343 e. The van der Waals surface area contributed by atoms with Gasteiger partial charge >= 0.3 is 0 Å². The van der Waals surface area contributed by atoms with Crippen LogP contribution in [0.25, 0.3) is 27.8 Å². The number of amides is 1. The fourth-order valence-corrected chi connectivity index (χ4v) is 5.28. The Balaban J connectivity index is 1.26. The standard InChI is InChI=1S/C35H32NO4/c1-26(27-15-17-30(18-16-27)28-11-5-2-6-12-28)35(25-38-34(39-40-35)23-9-4-10-24-34)33(37)36-32-21-19-31(20-22-32)29-13-7-3-8-14-29/h2-8,11-22H,1,9-10,23-25H2,(H,36,37). The van der Waals surface area contributed by atoms with Gasteiger partial charge in [-0.05, 0) is 64.8 Å². The van der Waals surface area contributed by atoms with Crippen LogP contribution in [0, 0.1) is 6.42 Å². The molecule has 0 bridgehead atoms. The summed E-state index contributed by atoms with van der Waals surface area (Å²) in [6.07, 6.45) is 5.34. The summed E-state index contributed by atoms with van der Waals surface area (Å²) in [5, 5.41) is 3.02. The van der Waals surface area contributed by atoms with Crippen molar-refractivity contribution in [3.63, 3.8) is 0 Å². The summed E-state index contributed by atoms with van der Waals surface area (Å²) in [4.78, 5) is 26.0. The molecule has 1 aliphatic carbocycles. The van der Waals surface area contributed by atoms with Crippen LogP contribution in [-0.4, -0.2) is 23.9 Å².